The Morgan fingerprint density at radius 2 is 0.471 bits per heavy atom. The molecule has 34 N–H and O–H groups in total. The van der Waals surface area contributed by atoms with Crippen molar-refractivity contribution in [2.24, 2.45) is 0 Å². The van der Waals surface area contributed by atoms with Crippen molar-refractivity contribution >= 4 is 29.5 Å². The Balaban J connectivity index is 0.994. The second kappa shape index (κ2) is 48.8. The predicted molar refractivity (Wildman–Crippen MR) is 419 cm³/mol. The number of nitrogens with one attached hydrogen (secondary N) is 5. The molecule has 0 bridgehead atoms. The molecule has 11 aliphatic rings. The topological polar surface area (TPSA) is 926 Å². The van der Waals surface area contributed by atoms with Gasteiger partial charge in [-0.15, -0.1) is 0 Å². The third kappa shape index (κ3) is 24.6. The highest BCUT2D eigenvalue weighted by Crippen LogP contribution is 2.43. The van der Waals surface area contributed by atoms with Crippen LogP contribution in [0, 0.1) is 0 Å². The van der Waals surface area contributed by atoms with Gasteiger partial charge in [0.1, 0.15) is 262 Å². The van der Waals surface area contributed by atoms with E-state index in [1.165, 1.54) is 6.92 Å². The van der Waals surface area contributed by atoms with Crippen LogP contribution in [0.1, 0.15) is 41.5 Å². The fourth-order valence-electron chi connectivity index (χ4n) is 17.8. The van der Waals surface area contributed by atoms with Gasteiger partial charge in [0.2, 0.25) is 29.5 Å². The van der Waals surface area contributed by atoms with Gasteiger partial charge in [-0.1, -0.05) is 0 Å². The van der Waals surface area contributed by atoms with Crippen LogP contribution in [0.2, 0.25) is 0 Å². The molecule has 136 heavy (non-hydrogen) atoms. The summed E-state index contributed by atoms with van der Waals surface area (Å²) in [7, 11) is 0. The third-order valence-electron chi connectivity index (χ3n) is 24.9. The summed E-state index contributed by atoms with van der Waals surface area (Å²) in [4.78, 5) is 65.3. The van der Waals surface area contributed by atoms with E-state index in [0.29, 0.717) is 0 Å². The number of rotatable bonds is 35. The molecule has 0 unspecified atom stereocenters. The average molecular weight is 1990 g/mol. The van der Waals surface area contributed by atoms with Gasteiger partial charge in [0.05, 0.1) is 72.2 Å². The fraction of sp³-hybridized carbons (Fsp3) is 0.934. The average Bonchev–Trinajstić information content (AvgIpc) is 0.757. The lowest BCUT2D eigenvalue weighted by molar-refractivity contribution is -0.406. The molecule has 786 valence electrons. The van der Waals surface area contributed by atoms with E-state index in [4.69, 9.17) is 99.5 Å². The molecule has 0 aromatic rings. The highest BCUT2D eigenvalue weighted by atomic mass is 16.8. The molecular weight excluding hydrogens is 1860 g/mol. The van der Waals surface area contributed by atoms with E-state index < -0.39 is 433 Å². The van der Waals surface area contributed by atoms with Crippen molar-refractivity contribution in [3.05, 3.63) is 0 Å². The molecule has 11 rings (SSSR count). The zero-order valence-electron chi connectivity index (χ0n) is 73.4. The summed E-state index contributed by atoms with van der Waals surface area (Å²) in [5.74, 6) is -4.84. The Bertz CT molecular complexity index is 3760. The smallest absolute Gasteiger partial charge is 0.217 e. The highest BCUT2D eigenvalue weighted by molar-refractivity contribution is 5.75. The summed E-state index contributed by atoms with van der Waals surface area (Å²) in [5.41, 5.74) is 0. The maximum Gasteiger partial charge on any atom is 0.217 e. The minimum absolute atomic E-state index is 0.828. The van der Waals surface area contributed by atoms with Gasteiger partial charge in [0.25, 0.3) is 0 Å². The number of aliphatic hydroxyl groups is 29. The lowest BCUT2D eigenvalue weighted by Gasteiger charge is -2.52. The largest absolute Gasteiger partial charge is 0.394 e. The van der Waals surface area contributed by atoms with E-state index in [2.05, 4.69) is 26.6 Å². The van der Waals surface area contributed by atoms with Gasteiger partial charge in [-0.25, -0.2) is 0 Å². The molecular formula is C76H127N5O55. The van der Waals surface area contributed by atoms with E-state index in [-0.39, 0.29) is 0 Å². The van der Waals surface area contributed by atoms with Crippen LogP contribution in [0.4, 0.5) is 0 Å². The quantitative estimate of drug-likeness (QED) is 0.0280. The fourth-order valence-corrected chi connectivity index (χ4v) is 17.8. The molecule has 11 heterocycles. The lowest BCUT2D eigenvalue weighted by atomic mass is 9.93. The van der Waals surface area contributed by atoms with Crippen LogP contribution in [-0.4, -0.2) is 581 Å². The van der Waals surface area contributed by atoms with Gasteiger partial charge in [0.15, 0.2) is 69.2 Å². The SMILES string of the molecule is CC(=O)N[C@@H]1[C@@H](O)[C@H](O[C@@H]2O[C@H](CO)[C@@H](O[C@@H]3O[C@H](CO[C@H]4O[C@H](CO)[C@@H](O)[C@H](O)[C@@H]4O[C@@H]4O[C@H](CO)[C@@H](O[C@@H]5O[C@H](CO)[C@H](O)[C@H](O)[C@H]5O)[C@H](O[C@@H]5O[C@@H](C)[C@@H](O)[C@@H](O)[C@@H]5O)[C@H]4NC(C)=O)[C@@H](O)[C@H](O[C@H]4O[C@H](CO)[C@@H](O[C@@H]5O[C@H](CO)[C@@H](O)[C@H](O)[C@H]5NC(C)=O)[C@H](O)[C@@H]4O[C@@H]4O[C@H](CO)[C@@H](O[C@@H]5O[C@H](CO)[C@H](O)[C@H](O)[C@H]5O)[C@H](O)[C@H]4NC(C)=O)[C@@H]3O)[C@H](O)[C@H]2NC(C)=O)[C@@H](CO)O[C@H]1O. The Morgan fingerprint density at radius 1 is 0.206 bits per heavy atom. The molecule has 60 heteroatoms. The van der Waals surface area contributed by atoms with Crippen LogP contribution in [-0.2, 0) is 123 Å². The zero-order valence-corrected chi connectivity index (χ0v) is 73.4. The highest BCUT2D eigenvalue weighted by Gasteiger charge is 2.64. The summed E-state index contributed by atoms with van der Waals surface area (Å²) >= 11 is 0. The second-order valence-electron chi connectivity index (χ2n) is 34.5. The summed E-state index contributed by atoms with van der Waals surface area (Å²) < 4.78 is 128. The molecule has 0 radical (unpaired) electrons. The monoisotopic (exact) mass is 1990 g/mol. The van der Waals surface area contributed by atoms with Gasteiger partial charge >= 0.3 is 0 Å². The van der Waals surface area contributed by atoms with Gasteiger partial charge < -0.3 is 274 Å². The first kappa shape index (κ1) is 112. The number of hydrogen-bond donors (Lipinski definition) is 34. The maximum atomic E-state index is 13.6. The molecule has 0 aromatic carbocycles. The molecule has 60 nitrogen and oxygen atoms in total. The number of ether oxygens (including phenoxy) is 21. The molecule has 11 aliphatic heterocycles. The number of carbonyl (C=O) groups excluding carboxylic acids is 5. The van der Waals surface area contributed by atoms with Crippen LogP contribution >= 0.6 is 0 Å². The number of amides is 5. The van der Waals surface area contributed by atoms with E-state index in [1.807, 2.05) is 0 Å². The van der Waals surface area contributed by atoms with Crippen LogP contribution in [0.15, 0.2) is 0 Å². The molecule has 11 saturated heterocycles. The van der Waals surface area contributed by atoms with Gasteiger partial charge in [-0.3, -0.25) is 24.0 Å². The van der Waals surface area contributed by atoms with Crippen LogP contribution in [0.5, 0.6) is 0 Å². The molecule has 5 amide bonds. The zero-order chi connectivity index (χ0) is 100. The summed E-state index contributed by atoms with van der Waals surface area (Å²) in [6.07, 6.45) is -108. The predicted octanol–water partition coefficient (Wildman–Crippen LogP) is -23.2. The third-order valence-corrected chi connectivity index (χ3v) is 24.9. The van der Waals surface area contributed by atoms with E-state index in [9.17, 15) is 172 Å². The number of hydrogen-bond acceptors (Lipinski definition) is 55. The lowest BCUT2D eigenvalue weighted by Crippen LogP contribution is -2.71. The standard InChI is InChI=1S/C76H127N5O55/c1-17-38(96)48(106)52(110)71(117-17)133-62-37(81-22(6)95)70(125-31(15-90)61(62)132-73-54(112)50(108)41(99)25(9-84)121-73)135-64-51(109)42(100)26(10-85)122-75(64)116-16-32-43(101)63(56(114)74(127-32)131-59-29(13-88)123-68(35(46(59)104)79-20(4)93)128-57-27(11-86)118-66(115)33(45(57)103)77-18(2)91)134-76-65(55(113)60(30(14-89)126-76)129-67-34(78-19(3)92)44(102)39(97)23(7-82)119-67)136-69-36(80-21(5)94)47(105)58(28(12-87)124-69)130-72-53(111)49(107)40(98)24(8-83)120-72/h17,23-76,82-90,96-115H,7-16H2,1-6H3,(H,77,91)(H,78,92)(H,79,93)(H,80,94)(H,81,95)/t17-,23+,24+,25+,26+,27+,28+,29+,30+,31+,32+,33+,34+,35+,36+,37+,38+,39+,40-,41-,42+,43+,44+,45+,46+,47+,48+,49-,50-,51-,52-,53+,54+,55-,56-,57+,58+,59+,60+,61+,62+,63-,64-,65-,66+,67-,68-,69-,70-,71-,72-,73-,74-,75-,76+/m0/s1. The summed E-state index contributed by atoms with van der Waals surface area (Å²) in [5, 5.41) is 340. The van der Waals surface area contributed by atoms with Crippen molar-refractivity contribution in [2.45, 2.75) is 379 Å². The first-order valence-electron chi connectivity index (χ1n) is 43.5. The normalized spacial score (nSPS) is 49.2. The molecule has 55 atom stereocenters. The van der Waals surface area contributed by atoms with Gasteiger partial charge in [-0.2, -0.15) is 0 Å². The second-order valence-corrected chi connectivity index (χ2v) is 34.5. The summed E-state index contributed by atoms with van der Waals surface area (Å²) in [6.45, 7) is -6.06. The molecule has 0 spiro atoms. The first-order valence-corrected chi connectivity index (χ1v) is 43.5. The number of carbonyl (C=O) groups is 5. The molecule has 11 fully saturated rings. The van der Waals surface area contributed by atoms with Crippen molar-refractivity contribution < 1.29 is 272 Å². The van der Waals surface area contributed by atoms with Crippen molar-refractivity contribution in [1.82, 2.24) is 26.6 Å². The minimum Gasteiger partial charge on any atom is -0.394 e. The molecule has 0 aromatic heterocycles. The minimum atomic E-state index is -2.74. The van der Waals surface area contributed by atoms with E-state index in [1.54, 1.807) is 0 Å². The van der Waals surface area contributed by atoms with Gasteiger partial charge in [0, 0.05) is 34.6 Å². The maximum absolute atomic E-state index is 13.6. The Labute approximate surface area is 770 Å². The number of aliphatic hydroxyl groups excluding tert-OH is 29. The van der Waals surface area contributed by atoms with Crippen LogP contribution in [0.25, 0.3) is 0 Å². The van der Waals surface area contributed by atoms with E-state index in [0.717, 1.165) is 34.6 Å². The molecule has 0 aliphatic carbocycles. The summed E-state index contributed by atoms with van der Waals surface area (Å²) in [6, 6.07) is -9.79. The van der Waals surface area contributed by atoms with E-state index >= 15 is 0 Å². The van der Waals surface area contributed by atoms with Gasteiger partial charge in [-0.05, 0) is 6.92 Å². The Kier molecular flexibility index (Phi) is 40.1. The Hall–Kier alpha value is -4.65. The molecule has 0 saturated carbocycles. The van der Waals surface area contributed by atoms with Crippen molar-refractivity contribution in [3.63, 3.8) is 0 Å². The van der Waals surface area contributed by atoms with Crippen LogP contribution < -0.4 is 26.6 Å². The first-order chi connectivity index (χ1) is 64.3. The Morgan fingerprint density at radius 3 is 0.897 bits per heavy atom. The van der Waals surface area contributed by atoms with Crippen molar-refractivity contribution in [3.8, 4) is 0 Å². The van der Waals surface area contributed by atoms with Crippen LogP contribution in [0.3, 0.4) is 0 Å². The van der Waals surface area contributed by atoms with Crippen molar-refractivity contribution in [1.29, 1.82) is 0 Å². The van der Waals surface area contributed by atoms with Crippen molar-refractivity contribution in [2.75, 3.05) is 66.1 Å².